The standard InChI is InChI=1S/C12H15F3O3S/c1-3-11(16,12(13,14)15)9-6-5-7-10(8-9)19(17,18)4-2/h5-8,16H,3-4H2,1-2H3. The fraction of sp³-hybridized carbons (Fsp3) is 0.500. The Balaban J connectivity index is 3.42. The van der Waals surface area contributed by atoms with Crippen molar-refractivity contribution in [2.45, 2.75) is 36.9 Å². The minimum Gasteiger partial charge on any atom is -0.376 e. The Bertz CT molecular complexity index is 552. The van der Waals surface area contributed by atoms with Crippen LogP contribution in [0.2, 0.25) is 0 Å². The van der Waals surface area contributed by atoms with E-state index in [2.05, 4.69) is 0 Å². The lowest BCUT2D eigenvalue weighted by Gasteiger charge is -2.30. The van der Waals surface area contributed by atoms with E-state index in [1.165, 1.54) is 26.0 Å². The minimum atomic E-state index is -4.86. The van der Waals surface area contributed by atoms with Gasteiger partial charge in [-0.05, 0) is 24.1 Å². The third kappa shape index (κ3) is 2.92. The van der Waals surface area contributed by atoms with E-state index in [1.807, 2.05) is 0 Å². The van der Waals surface area contributed by atoms with Gasteiger partial charge in [-0.1, -0.05) is 26.0 Å². The molecular weight excluding hydrogens is 281 g/mol. The number of rotatable bonds is 4. The van der Waals surface area contributed by atoms with E-state index in [-0.39, 0.29) is 10.6 Å². The number of hydrogen-bond acceptors (Lipinski definition) is 3. The predicted octanol–water partition coefficient (Wildman–Crippen LogP) is 2.64. The largest absolute Gasteiger partial charge is 0.421 e. The van der Waals surface area contributed by atoms with Crippen LogP contribution in [0.25, 0.3) is 0 Å². The Hall–Kier alpha value is -1.08. The van der Waals surface area contributed by atoms with E-state index in [1.54, 1.807) is 0 Å². The summed E-state index contributed by atoms with van der Waals surface area (Å²) in [6.45, 7) is 2.59. The van der Waals surface area contributed by atoms with Crippen molar-refractivity contribution in [1.82, 2.24) is 0 Å². The van der Waals surface area contributed by atoms with Gasteiger partial charge in [-0.25, -0.2) is 8.42 Å². The predicted molar refractivity (Wildman–Crippen MR) is 64.4 cm³/mol. The first-order valence-electron chi connectivity index (χ1n) is 5.71. The first-order valence-corrected chi connectivity index (χ1v) is 7.36. The maximum absolute atomic E-state index is 12.9. The lowest BCUT2D eigenvalue weighted by atomic mass is 9.90. The molecule has 1 rings (SSSR count). The maximum Gasteiger partial charge on any atom is 0.421 e. The molecular formula is C12H15F3O3S. The summed E-state index contributed by atoms with van der Waals surface area (Å²) in [6.07, 6.45) is -5.46. The lowest BCUT2D eigenvalue weighted by molar-refractivity contribution is -0.267. The van der Waals surface area contributed by atoms with E-state index < -0.39 is 33.6 Å². The molecule has 7 heteroatoms. The molecule has 1 atom stereocenters. The molecule has 1 aromatic rings. The highest BCUT2D eigenvalue weighted by Crippen LogP contribution is 2.41. The fourth-order valence-electron chi connectivity index (χ4n) is 1.68. The van der Waals surface area contributed by atoms with E-state index >= 15 is 0 Å². The molecule has 0 aliphatic rings. The van der Waals surface area contributed by atoms with Gasteiger partial charge in [0, 0.05) is 0 Å². The van der Waals surface area contributed by atoms with Crippen molar-refractivity contribution in [2.24, 2.45) is 0 Å². The van der Waals surface area contributed by atoms with Crippen LogP contribution >= 0.6 is 0 Å². The fourth-order valence-corrected chi connectivity index (χ4v) is 2.61. The van der Waals surface area contributed by atoms with E-state index in [4.69, 9.17) is 0 Å². The zero-order valence-electron chi connectivity index (χ0n) is 10.5. The molecule has 0 spiro atoms. The molecule has 1 N–H and O–H groups in total. The van der Waals surface area contributed by atoms with Crippen molar-refractivity contribution in [3.05, 3.63) is 29.8 Å². The minimum absolute atomic E-state index is 0.215. The summed E-state index contributed by atoms with van der Waals surface area (Å²) in [4.78, 5) is -0.219. The molecule has 0 aliphatic heterocycles. The lowest BCUT2D eigenvalue weighted by Crippen LogP contribution is -2.41. The molecule has 0 aromatic heterocycles. The van der Waals surface area contributed by atoms with Gasteiger partial charge in [0.25, 0.3) is 0 Å². The zero-order chi connectivity index (χ0) is 14.9. The molecule has 0 radical (unpaired) electrons. The zero-order valence-corrected chi connectivity index (χ0v) is 11.3. The number of halogens is 3. The Morgan fingerprint density at radius 1 is 1.21 bits per heavy atom. The number of benzene rings is 1. The highest BCUT2D eigenvalue weighted by Gasteiger charge is 2.53. The first-order chi connectivity index (χ1) is 8.58. The van der Waals surface area contributed by atoms with Crippen molar-refractivity contribution >= 4 is 9.84 Å². The van der Waals surface area contributed by atoms with Gasteiger partial charge in [0.15, 0.2) is 15.4 Å². The number of aliphatic hydroxyl groups is 1. The van der Waals surface area contributed by atoms with Crippen molar-refractivity contribution in [3.63, 3.8) is 0 Å². The van der Waals surface area contributed by atoms with Crippen molar-refractivity contribution in [3.8, 4) is 0 Å². The van der Waals surface area contributed by atoms with E-state index in [9.17, 15) is 26.7 Å². The number of hydrogen-bond donors (Lipinski definition) is 1. The summed E-state index contributed by atoms with van der Waals surface area (Å²) in [6, 6.07) is 4.38. The van der Waals surface area contributed by atoms with Crippen LogP contribution < -0.4 is 0 Å². The molecule has 19 heavy (non-hydrogen) atoms. The molecule has 1 unspecified atom stereocenters. The van der Waals surface area contributed by atoms with Crippen molar-refractivity contribution in [1.29, 1.82) is 0 Å². The van der Waals surface area contributed by atoms with E-state index in [0.29, 0.717) is 0 Å². The Kier molecular flexibility index (Phi) is 4.31. The van der Waals surface area contributed by atoms with Gasteiger partial charge in [0.1, 0.15) is 0 Å². The smallest absolute Gasteiger partial charge is 0.376 e. The highest BCUT2D eigenvalue weighted by atomic mass is 32.2. The average Bonchev–Trinajstić information content (AvgIpc) is 2.36. The molecule has 108 valence electrons. The second-order valence-electron chi connectivity index (χ2n) is 4.14. The molecule has 3 nitrogen and oxygen atoms in total. The van der Waals surface area contributed by atoms with Crippen LogP contribution in [0.5, 0.6) is 0 Å². The van der Waals surface area contributed by atoms with Crippen LogP contribution in [-0.2, 0) is 15.4 Å². The van der Waals surface area contributed by atoms with Gasteiger partial charge in [0.2, 0.25) is 0 Å². The normalized spacial score (nSPS) is 16.1. The Morgan fingerprint density at radius 2 is 1.79 bits per heavy atom. The summed E-state index contributed by atoms with van der Waals surface area (Å²) in [5.74, 6) is -0.215. The summed E-state index contributed by atoms with van der Waals surface area (Å²) < 4.78 is 62.0. The van der Waals surface area contributed by atoms with Gasteiger partial charge in [0.05, 0.1) is 10.6 Å². The molecule has 0 saturated carbocycles. The molecule has 0 bridgehead atoms. The number of sulfone groups is 1. The molecule has 0 saturated heterocycles. The summed E-state index contributed by atoms with van der Waals surface area (Å²) in [7, 11) is -3.61. The SMILES string of the molecule is CCC(O)(c1cccc(S(=O)(=O)CC)c1)C(F)(F)F. The molecule has 0 heterocycles. The first kappa shape index (κ1) is 16.0. The quantitative estimate of drug-likeness (QED) is 0.929. The van der Waals surface area contributed by atoms with Gasteiger partial charge >= 0.3 is 6.18 Å². The Labute approximate surface area is 110 Å². The third-order valence-electron chi connectivity index (χ3n) is 3.03. The molecule has 1 aromatic carbocycles. The second-order valence-corrected chi connectivity index (χ2v) is 6.42. The number of alkyl halides is 3. The summed E-state index contributed by atoms with van der Waals surface area (Å²) in [5.41, 5.74) is -3.50. The van der Waals surface area contributed by atoms with Crippen LogP contribution in [0.15, 0.2) is 29.2 Å². The van der Waals surface area contributed by atoms with Gasteiger partial charge in [-0.15, -0.1) is 0 Å². The monoisotopic (exact) mass is 296 g/mol. The van der Waals surface area contributed by atoms with Crippen molar-refractivity contribution < 1.29 is 26.7 Å². The summed E-state index contributed by atoms with van der Waals surface area (Å²) in [5, 5.41) is 9.77. The topological polar surface area (TPSA) is 54.4 Å². The highest BCUT2D eigenvalue weighted by molar-refractivity contribution is 7.91. The van der Waals surface area contributed by atoms with Crippen LogP contribution in [0.1, 0.15) is 25.8 Å². The van der Waals surface area contributed by atoms with Crippen LogP contribution in [-0.4, -0.2) is 25.5 Å². The van der Waals surface area contributed by atoms with Crippen LogP contribution in [0.4, 0.5) is 13.2 Å². The second kappa shape index (κ2) is 5.13. The summed E-state index contributed by atoms with van der Waals surface area (Å²) >= 11 is 0. The molecule has 0 amide bonds. The van der Waals surface area contributed by atoms with E-state index in [0.717, 1.165) is 12.1 Å². The van der Waals surface area contributed by atoms with Crippen molar-refractivity contribution in [2.75, 3.05) is 5.75 Å². The Morgan fingerprint density at radius 3 is 2.21 bits per heavy atom. The van der Waals surface area contributed by atoms with Gasteiger partial charge in [-0.2, -0.15) is 13.2 Å². The maximum atomic E-state index is 12.9. The average molecular weight is 296 g/mol. The van der Waals surface area contributed by atoms with Gasteiger partial charge in [-0.3, -0.25) is 0 Å². The molecule has 0 fully saturated rings. The van der Waals surface area contributed by atoms with Crippen LogP contribution in [0.3, 0.4) is 0 Å². The molecule has 0 aliphatic carbocycles. The van der Waals surface area contributed by atoms with Gasteiger partial charge < -0.3 is 5.11 Å². The third-order valence-corrected chi connectivity index (χ3v) is 4.76. The van der Waals surface area contributed by atoms with Crippen LogP contribution in [0, 0.1) is 0 Å².